The maximum Gasteiger partial charge on any atom is 0.191 e. The Hall–Kier alpha value is -1.60. The lowest BCUT2D eigenvalue weighted by molar-refractivity contribution is 0.632. The molecular formula is C16H22BrClN6. The average Bonchev–Trinajstić information content (AvgIpc) is 3.04. The summed E-state index contributed by atoms with van der Waals surface area (Å²) in [7, 11) is 1.76. The van der Waals surface area contributed by atoms with Gasteiger partial charge in [-0.25, -0.2) is 0 Å². The zero-order chi connectivity index (χ0) is 17.4. The van der Waals surface area contributed by atoms with Gasteiger partial charge < -0.3 is 15.2 Å². The van der Waals surface area contributed by atoms with Gasteiger partial charge in [-0.1, -0.05) is 34.5 Å². The van der Waals surface area contributed by atoms with Crippen molar-refractivity contribution >= 4 is 33.5 Å². The van der Waals surface area contributed by atoms with Gasteiger partial charge in [-0.3, -0.25) is 4.99 Å². The molecule has 0 spiro atoms. The molecule has 0 saturated carbocycles. The average molecular weight is 414 g/mol. The standard InChI is InChI=1S/C16H22BrClN6/c1-3-15-23-22-11-24(15)9-8-21-16(19-2)20-7-6-12-10-13(18)4-5-14(12)17/h4-5,10-11H,3,6-9H2,1-2H3,(H2,19,20,21). The first kappa shape index (κ1) is 18.7. The molecular weight excluding hydrogens is 392 g/mol. The predicted octanol–water partition coefficient (Wildman–Crippen LogP) is 2.66. The summed E-state index contributed by atoms with van der Waals surface area (Å²) in [6.45, 7) is 4.40. The van der Waals surface area contributed by atoms with E-state index in [0.29, 0.717) is 0 Å². The highest BCUT2D eigenvalue weighted by Gasteiger charge is 2.04. The van der Waals surface area contributed by atoms with Crippen LogP contribution in [0.15, 0.2) is 34.0 Å². The topological polar surface area (TPSA) is 67.1 Å². The molecule has 0 aliphatic carbocycles. The number of aromatic nitrogens is 3. The van der Waals surface area contributed by atoms with Crippen LogP contribution in [0, 0.1) is 0 Å². The summed E-state index contributed by atoms with van der Waals surface area (Å²) in [6.07, 6.45) is 3.49. The largest absolute Gasteiger partial charge is 0.356 e. The third kappa shape index (κ3) is 5.49. The molecule has 0 radical (unpaired) electrons. The normalized spacial score (nSPS) is 11.6. The van der Waals surface area contributed by atoms with Crippen LogP contribution in [0.2, 0.25) is 5.02 Å². The third-order valence-corrected chi connectivity index (χ3v) is 4.58. The van der Waals surface area contributed by atoms with Gasteiger partial charge in [0.2, 0.25) is 0 Å². The van der Waals surface area contributed by atoms with E-state index in [1.807, 2.05) is 22.8 Å². The van der Waals surface area contributed by atoms with Gasteiger partial charge in [0, 0.05) is 42.6 Å². The van der Waals surface area contributed by atoms with Crippen molar-refractivity contribution in [1.82, 2.24) is 25.4 Å². The van der Waals surface area contributed by atoms with Crippen molar-refractivity contribution in [3.05, 3.63) is 45.4 Å². The fourth-order valence-electron chi connectivity index (χ4n) is 2.31. The minimum absolute atomic E-state index is 0.747. The highest BCUT2D eigenvalue weighted by molar-refractivity contribution is 9.10. The van der Waals surface area contributed by atoms with E-state index in [1.54, 1.807) is 13.4 Å². The summed E-state index contributed by atoms with van der Waals surface area (Å²) in [5.74, 6) is 1.77. The van der Waals surface area contributed by atoms with E-state index >= 15 is 0 Å². The number of guanidine groups is 1. The first-order valence-corrected chi connectivity index (χ1v) is 9.06. The molecule has 0 bridgehead atoms. The van der Waals surface area contributed by atoms with Crippen molar-refractivity contribution in [3.63, 3.8) is 0 Å². The number of hydrogen-bond acceptors (Lipinski definition) is 3. The summed E-state index contributed by atoms with van der Waals surface area (Å²) < 4.78 is 3.11. The lowest BCUT2D eigenvalue weighted by Gasteiger charge is -2.13. The Kier molecular flexibility index (Phi) is 7.52. The van der Waals surface area contributed by atoms with Gasteiger partial charge in [0.25, 0.3) is 0 Å². The number of benzene rings is 1. The monoisotopic (exact) mass is 412 g/mol. The van der Waals surface area contributed by atoms with E-state index in [2.05, 4.69) is 48.7 Å². The summed E-state index contributed by atoms with van der Waals surface area (Å²) in [6, 6.07) is 5.82. The van der Waals surface area contributed by atoms with E-state index in [4.69, 9.17) is 11.6 Å². The smallest absolute Gasteiger partial charge is 0.191 e. The maximum atomic E-state index is 6.04. The highest BCUT2D eigenvalue weighted by atomic mass is 79.9. The predicted molar refractivity (Wildman–Crippen MR) is 102 cm³/mol. The number of aliphatic imine (C=N–C) groups is 1. The number of nitrogens with zero attached hydrogens (tertiary/aromatic N) is 4. The Morgan fingerprint density at radius 1 is 1.33 bits per heavy atom. The molecule has 24 heavy (non-hydrogen) atoms. The van der Waals surface area contributed by atoms with Gasteiger partial charge in [-0.15, -0.1) is 10.2 Å². The third-order valence-electron chi connectivity index (χ3n) is 3.58. The van der Waals surface area contributed by atoms with Crippen LogP contribution in [0.4, 0.5) is 0 Å². The minimum Gasteiger partial charge on any atom is -0.356 e. The van der Waals surface area contributed by atoms with Crippen molar-refractivity contribution < 1.29 is 0 Å². The van der Waals surface area contributed by atoms with Gasteiger partial charge in [0.05, 0.1) is 0 Å². The molecule has 8 heteroatoms. The van der Waals surface area contributed by atoms with Gasteiger partial charge in [0.1, 0.15) is 12.2 Å². The lowest BCUT2D eigenvalue weighted by atomic mass is 10.1. The van der Waals surface area contributed by atoms with Gasteiger partial charge in [-0.2, -0.15) is 0 Å². The van der Waals surface area contributed by atoms with E-state index in [1.165, 1.54) is 5.56 Å². The number of halogens is 2. The fraction of sp³-hybridized carbons (Fsp3) is 0.438. The zero-order valence-corrected chi connectivity index (χ0v) is 16.2. The maximum absolute atomic E-state index is 6.04. The summed E-state index contributed by atoms with van der Waals surface area (Å²) in [5.41, 5.74) is 1.17. The van der Waals surface area contributed by atoms with Crippen molar-refractivity contribution in [2.75, 3.05) is 20.1 Å². The highest BCUT2D eigenvalue weighted by Crippen LogP contribution is 2.21. The second kappa shape index (κ2) is 9.64. The summed E-state index contributed by atoms with van der Waals surface area (Å²) in [4.78, 5) is 4.24. The van der Waals surface area contributed by atoms with Crippen molar-refractivity contribution in [2.24, 2.45) is 4.99 Å². The summed E-state index contributed by atoms with van der Waals surface area (Å²) >= 11 is 9.58. The Balaban J connectivity index is 1.75. The Labute approximate surface area is 155 Å². The molecule has 1 aromatic carbocycles. The first-order chi connectivity index (χ1) is 11.6. The van der Waals surface area contributed by atoms with Crippen molar-refractivity contribution in [3.8, 4) is 0 Å². The van der Waals surface area contributed by atoms with Crippen LogP contribution in [0.3, 0.4) is 0 Å². The second-order valence-electron chi connectivity index (χ2n) is 5.21. The zero-order valence-electron chi connectivity index (χ0n) is 13.9. The molecule has 2 rings (SSSR count). The van der Waals surface area contributed by atoms with Crippen LogP contribution >= 0.6 is 27.5 Å². The molecule has 6 nitrogen and oxygen atoms in total. The molecule has 1 aromatic heterocycles. The van der Waals surface area contributed by atoms with Crippen LogP contribution in [-0.2, 0) is 19.4 Å². The van der Waals surface area contributed by atoms with Crippen LogP contribution in [-0.4, -0.2) is 40.9 Å². The van der Waals surface area contributed by atoms with Crippen LogP contribution in [0.5, 0.6) is 0 Å². The van der Waals surface area contributed by atoms with Gasteiger partial charge >= 0.3 is 0 Å². The molecule has 2 N–H and O–H groups in total. The van der Waals surface area contributed by atoms with Crippen molar-refractivity contribution in [2.45, 2.75) is 26.3 Å². The SMILES string of the molecule is CCc1nncn1CCNC(=NC)NCCc1cc(Cl)ccc1Br. The fourth-order valence-corrected chi connectivity index (χ4v) is 2.94. The van der Waals surface area contributed by atoms with Gasteiger partial charge in [0.15, 0.2) is 5.96 Å². The Bertz CT molecular complexity index is 685. The lowest BCUT2D eigenvalue weighted by Crippen LogP contribution is -2.39. The Morgan fingerprint density at radius 3 is 2.88 bits per heavy atom. The summed E-state index contributed by atoms with van der Waals surface area (Å²) in [5, 5.41) is 15.4. The Morgan fingerprint density at radius 2 is 2.12 bits per heavy atom. The van der Waals surface area contributed by atoms with Crippen LogP contribution < -0.4 is 10.6 Å². The van der Waals surface area contributed by atoms with Crippen LogP contribution in [0.25, 0.3) is 0 Å². The second-order valence-corrected chi connectivity index (χ2v) is 6.50. The number of nitrogens with one attached hydrogen (secondary N) is 2. The molecule has 0 aliphatic rings. The number of rotatable bonds is 7. The van der Waals surface area contributed by atoms with E-state index < -0.39 is 0 Å². The van der Waals surface area contributed by atoms with Crippen LogP contribution in [0.1, 0.15) is 18.3 Å². The first-order valence-electron chi connectivity index (χ1n) is 7.89. The molecule has 1 heterocycles. The molecule has 0 fully saturated rings. The number of hydrogen-bond donors (Lipinski definition) is 2. The molecule has 0 saturated heterocycles. The van der Waals surface area contributed by atoms with Crippen molar-refractivity contribution in [1.29, 1.82) is 0 Å². The van der Waals surface area contributed by atoms with Gasteiger partial charge in [-0.05, 0) is 30.2 Å². The minimum atomic E-state index is 0.747. The molecule has 0 aliphatic heterocycles. The molecule has 130 valence electrons. The molecule has 2 aromatic rings. The van der Waals surface area contributed by atoms with E-state index in [0.717, 1.165) is 53.8 Å². The van der Waals surface area contributed by atoms with E-state index in [9.17, 15) is 0 Å². The number of aryl methyl sites for hydroxylation is 1. The quantitative estimate of drug-likeness (QED) is 0.541. The molecule has 0 unspecified atom stereocenters. The van der Waals surface area contributed by atoms with E-state index in [-0.39, 0.29) is 0 Å². The molecule has 0 atom stereocenters. The molecule has 0 amide bonds.